The number of hydrogen-bond donors (Lipinski definition) is 4. The second-order valence-corrected chi connectivity index (χ2v) is 2.26. The van der Waals surface area contributed by atoms with Crippen LogP contribution in [0.3, 0.4) is 0 Å². The van der Waals surface area contributed by atoms with E-state index >= 15 is 0 Å². The summed E-state index contributed by atoms with van der Waals surface area (Å²) in [5, 5.41) is 29.1. The van der Waals surface area contributed by atoms with Gasteiger partial charge in [0.15, 0.2) is 0 Å². The molecule has 3 atom stereocenters. The van der Waals surface area contributed by atoms with Gasteiger partial charge in [-0.2, -0.15) is 0 Å². The van der Waals surface area contributed by atoms with Crippen molar-refractivity contribution >= 4 is 12.4 Å². The maximum Gasteiger partial charge on any atom is 0.0986 e. The van der Waals surface area contributed by atoms with Crippen LogP contribution in [0.15, 0.2) is 0 Å². The Labute approximate surface area is 65.3 Å². The van der Waals surface area contributed by atoms with Gasteiger partial charge in [-0.15, -0.1) is 12.4 Å². The molecule has 1 aliphatic rings. The number of rotatable bonds is 1. The van der Waals surface area contributed by atoms with Crippen LogP contribution in [0.4, 0.5) is 0 Å². The number of aliphatic hydroxyl groups excluding tert-OH is 3. The van der Waals surface area contributed by atoms with Gasteiger partial charge in [-0.05, 0) is 0 Å². The van der Waals surface area contributed by atoms with Crippen LogP contribution in [0.5, 0.6) is 0 Å². The maximum atomic E-state index is 8.98. The number of β-amino-alcohol motifs (C(OH)–C–C–N with tert-alkyl or cyclic N) is 1. The lowest BCUT2D eigenvalue weighted by Gasteiger charge is -2.11. The molecular formula is C5H12ClNO3. The van der Waals surface area contributed by atoms with Gasteiger partial charge < -0.3 is 20.6 Å². The van der Waals surface area contributed by atoms with Crippen molar-refractivity contribution in [3.8, 4) is 0 Å². The van der Waals surface area contributed by atoms with Crippen LogP contribution in [-0.4, -0.2) is 46.7 Å². The van der Waals surface area contributed by atoms with Crippen LogP contribution in [0.1, 0.15) is 0 Å². The van der Waals surface area contributed by atoms with Crippen molar-refractivity contribution in [3.63, 3.8) is 0 Å². The van der Waals surface area contributed by atoms with Gasteiger partial charge in [0, 0.05) is 6.54 Å². The Morgan fingerprint density at radius 2 is 2.00 bits per heavy atom. The molecule has 1 heterocycles. The zero-order chi connectivity index (χ0) is 6.85. The van der Waals surface area contributed by atoms with Gasteiger partial charge in [-0.25, -0.2) is 0 Å². The fourth-order valence-electron chi connectivity index (χ4n) is 0.954. The minimum Gasteiger partial charge on any atom is -0.395 e. The van der Waals surface area contributed by atoms with E-state index in [1.165, 1.54) is 0 Å². The second-order valence-electron chi connectivity index (χ2n) is 2.26. The molecule has 1 fully saturated rings. The largest absolute Gasteiger partial charge is 0.395 e. The van der Waals surface area contributed by atoms with Crippen molar-refractivity contribution in [2.75, 3.05) is 13.2 Å². The highest BCUT2D eigenvalue weighted by Gasteiger charge is 2.31. The minimum absolute atomic E-state index is 0. The fourth-order valence-corrected chi connectivity index (χ4v) is 0.954. The summed E-state index contributed by atoms with van der Waals surface area (Å²) in [6.07, 6.45) is -1.53. The Kier molecular flexibility index (Phi) is 4.15. The Morgan fingerprint density at radius 3 is 2.20 bits per heavy atom. The van der Waals surface area contributed by atoms with E-state index in [0.29, 0.717) is 6.54 Å². The summed E-state index contributed by atoms with van der Waals surface area (Å²) < 4.78 is 0. The molecule has 0 unspecified atom stereocenters. The standard InChI is InChI=1S/C5H11NO3.ClH/c7-2-3-5(9)4(8)1-6-3;/h3-9H,1-2H2;1H/t3-,4+,5-;/m0./s1. The summed E-state index contributed by atoms with van der Waals surface area (Å²) in [6.45, 7) is 0.241. The monoisotopic (exact) mass is 169 g/mol. The van der Waals surface area contributed by atoms with Crippen molar-refractivity contribution < 1.29 is 15.3 Å². The molecule has 0 radical (unpaired) electrons. The molecule has 0 saturated carbocycles. The molecule has 1 aliphatic heterocycles. The number of nitrogens with one attached hydrogen (secondary N) is 1. The average Bonchev–Trinajstić information content (AvgIpc) is 2.15. The molecule has 5 heteroatoms. The molecule has 0 aliphatic carbocycles. The van der Waals surface area contributed by atoms with Crippen molar-refractivity contribution in [2.24, 2.45) is 0 Å². The zero-order valence-electron chi connectivity index (χ0n) is 5.40. The molecule has 10 heavy (non-hydrogen) atoms. The first-order chi connectivity index (χ1) is 4.25. The van der Waals surface area contributed by atoms with E-state index in [1.807, 2.05) is 0 Å². The Balaban J connectivity index is 0.000000810. The normalized spacial score (nSPS) is 39.3. The van der Waals surface area contributed by atoms with Crippen LogP contribution in [-0.2, 0) is 0 Å². The molecule has 0 aromatic rings. The minimum atomic E-state index is -0.810. The summed E-state index contributed by atoms with van der Waals surface area (Å²) >= 11 is 0. The molecule has 0 amide bonds. The summed E-state index contributed by atoms with van der Waals surface area (Å²) in [6, 6.07) is -0.347. The molecule has 0 aromatic heterocycles. The number of hydrogen-bond acceptors (Lipinski definition) is 4. The van der Waals surface area contributed by atoms with Crippen molar-refractivity contribution in [3.05, 3.63) is 0 Å². The average molecular weight is 170 g/mol. The molecular weight excluding hydrogens is 158 g/mol. The quantitative estimate of drug-likeness (QED) is 0.370. The first-order valence-electron chi connectivity index (χ1n) is 2.96. The Morgan fingerprint density at radius 1 is 1.40 bits per heavy atom. The van der Waals surface area contributed by atoms with Gasteiger partial charge in [-0.1, -0.05) is 0 Å². The highest BCUT2D eigenvalue weighted by Crippen LogP contribution is 2.05. The Bertz CT molecular complexity index is 103. The highest BCUT2D eigenvalue weighted by atomic mass is 35.5. The molecule has 0 aromatic carbocycles. The van der Waals surface area contributed by atoms with E-state index in [9.17, 15) is 0 Å². The van der Waals surface area contributed by atoms with E-state index in [1.54, 1.807) is 0 Å². The number of aliphatic hydroxyl groups is 3. The van der Waals surface area contributed by atoms with Gasteiger partial charge in [-0.3, -0.25) is 0 Å². The fraction of sp³-hybridized carbons (Fsp3) is 1.00. The van der Waals surface area contributed by atoms with Gasteiger partial charge in [0.05, 0.1) is 24.9 Å². The van der Waals surface area contributed by atoms with Crippen molar-refractivity contribution in [2.45, 2.75) is 18.2 Å². The van der Waals surface area contributed by atoms with Crippen LogP contribution in [0.2, 0.25) is 0 Å². The van der Waals surface area contributed by atoms with Crippen LogP contribution < -0.4 is 5.32 Å². The Hall–Kier alpha value is 0.130. The van der Waals surface area contributed by atoms with Crippen LogP contribution in [0.25, 0.3) is 0 Å². The second kappa shape index (κ2) is 4.10. The van der Waals surface area contributed by atoms with Gasteiger partial charge in [0.1, 0.15) is 0 Å². The summed E-state index contributed by atoms with van der Waals surface area (Å²) in [5.41, 5.74) is 0. The molecule has 1 rings (SSSR count). The lowest BCUT2D eigenvalue weighted by molar-refractivity contribution is 0.0295. The maximum absolute atomic E-state index is 8.98. The SMILES string of the molecule is Cl.OC[C@@H]1NC[C@@H](O)[C@H]1O. The van der Waals surface area contributed by atoms with E-state index < -0.39 is 12.2 Å². The predicted octanol–water partition coefficient (Wildman–Crippen LogP) is -1.91. The third-order valence-electron chi connectivity index (χ3n) is 1.59. The van der Waals surface area contributed by atoms with Crippen molar-refractivity contribution in [1.82, 2.24) is 5.32 Å². The highest BCUT2D eigenvalue weighted by molar-refractivity contribution is 5.85. The van der Waals surface area contributed by atoms with E-state index in [2.05, 4.69) is 5.32 Å². The predicted molar refractivity (Wildman–Crippen MR) is 38.1 cm³/mol. The summed E-state index contributed by atoms with van der Waals surface area (Å²) in [4.78, 5) is 0. The third-order valence-corrected chi connectivity index (χ3v) is 1.59. The van der Waals surface area contributed by atoms with E-state index in [0.717, 1.165) is 0 Å². The molecule has 4 nitrogen and oxygen atoms in total. The molecule has 0 bridgehead atoms. The van der Waals surface area contributed by atoms with Gasteiger partial charge in [0.25, 0.3) is 0 Å². The molecule has 0 spiro atoms. The summed E-state index contributed by atoms with van der Waals surface area (Å²) in [7, 11) is 0. The van der Waals surface area contributed by atoms with E-state index in [4.69, 9.17) is 15.3 Å². The number of halogens is 1. The van der Waals surface area contributed by atoms with Gasteiger partial charge in [0.2, 0.25) is 0 Å². The summed E-state index contributed by atoms with van der Waals surface area (Å²) in [5.74, 6) is 0. The van der Waals surface area contributed by atoms with Crippen LogP contribution in [0, 0.1) is 0 Å². The lowest BCUT2D eigenvalue weighted by atomic mass is 10.1. The smallest absolute Gasteiger partial charge is 0.0986 e. The van der Waals surface area contributed by atoms with Crippen LogP contribution >= 0.6 is 12.4 Å². The topological polar surface area (TPSA) is 72.7 Å². The molecule has 4 N–H and O–H groups in total. The lowest BCUT2D eigenvalue weighted by Crippen LogP contribution is -2.35. The third kappa shape index (κ3) is 1.81. The van der Waals surface area contributed by atoms with Crippen molar-refractivity contribution in [1.29, 1.82) is 0 Å². The van der Waals surface area contributed by atoms with Gasteiger partial charge >= 0.3 is 0 Å². The first-order valence-corrected chi connectivity index (χ1v) is 2.96. The first kappa shape index (κ1) is 10.1. The zero-order valence-corrected chi connectivity index (χ0v) is 6.21. The molecule has 62 valence electrons. The molecule has 1 saturated heterocycles. The van der Waals surface area contributed by atoms with E-state index in [-0.39, 0.29) is 25.1 Å².